The number of nitrogens with zero attached hydrogens (tertiary/aromatic N) is 1. The van der Waals surface area contributed by atoms with Gasteiger partial charge in [0.1, 0.15) is 17.6 Å². The topological polar surface area (TPSA) is 65.7 Å². The lowest BCUT2D eigenvalue weighted by molar-refractivity contribution is 0.169. The minimum Gasteiger partial charge on any atom is -0.464 e. The molecule has 6 heteroatoms. The van der Waals surface area contributed by atoms with Gasteiger partial charge >= 0.3 is 6.03 Å². The number of hydrogen-bond donors (Lipinski definition) is 2. The van der Waals surface area contributed by atoms with E-state index in [4.69, 9.17) is 9.52 Å². The summed E-state index contributed by atoms with van der Waals surface area (Å²) in [6.07, 6.45) is 1.49. The van der Waals surface area contributed by atoms with Gasteiger partial charge in [0, 0.05) is 30.7 Å². The largest absolute Gasteiger partial charge is 0.464 e. The molecule has 1 fully saturated rings. The van der Waals surface area contributed by atoms with Crippen LogP contribution in [0.15, 0.2) is 16.5 Å². The van der Waals surface area contributed by atoms with Crippen molar-refractivity contribution in [2.24, 2.45) is 0 Å². The zero-order valence-electron chi connectivity index (χ0n) is 12.7. The molecule has 0 bridgehead atoms. The standard InChI is InChI=1S/C15H24N2O3S/c1-11(4-3-8-18)16-15(19)17-7-9-21-10-13(17)14-6-5-12(2)20-14/h5-6,11,13,18H,3-4,7-10H2,1-2H3,(H,16,19). The summed E-state index contributed by atoms with van der Waals surface area (Å²) in [5, 5.41) is 11.9. The molecule has 5 nitrogen and oxygen atoms in total. The predicted molar refractivity (Wildman–Crippen MR) is 84.5 cm³/mol. The van der Waals surface area contributed by atoms with Crippen LogP contribution in [0.3, 0.4) is 0 Å². The van der Waals surface area contributed by atoms with Crippen LogP contribution in [0, 0.1) is 6.92 Å². The van der Waals surface area contributed by atoms with E-state index in [0.29, 0.717) is 6.42 Å². The molecule has 0 saturated carbocycles. The zero-order chi connectivity index (χ0) is 15.2. The number of aliphatic hydroxyl groups is 1. The molecule has 2 unspecified atom stereocenters. The maximum absolute atomic E-state index is 12.5. The molecule has 118 valence electrons. The Kier molecular flexibility index (Phi) is 5.99. The smallest absolute Gasteiger partial charge is 0.318 e. The molecule has 0 aliphatic carbocycles. The summed E-state index contributed by atoms with van der Waals surface area (Å²) >= 11 is 1.85. The SMILES string of the molecule is Cc1ccc(C2CSCCN2C(=O)NC(C)CCCO)o1. The molecule has 0 radical (unpaired) electrons. The summed E-state index contributed by atoms with van der Waals surface area (Å²) in [6.45, 7) is 4.78. The number of furan rings is 1. The Morgan fingerprint density at radius 3 is 3.10 bits per heavy atom. The van der Waals surface area contributed by atoms with Crippen molar-refractivity contribution in [2.75, 3.05) is 24.7 Å². The first-order valence-corrected chi connectivity index (χ1v) is 8.59. The molecule has 1 aromatic rings. The molecule has 0 aromatic carbocycles. The third-order valence-electron chi connectivity index (χ3n) is 3.64. The van der Waals surface area contributed by atoms with Crippen molar-refractivity contribution in [1.82, 2.24) is 10.2 Å². The van der Waals surface area contributed by atoms with Gasteiger partial charge in [-0.15, -0.1) is 0 Å². The number of carbonyl (C=O) groups excluding carboxylic acids is 1. The molecule has 1 saturated heterocycles. The van der Waals surface area contributed by atoms with E-state index >= 15 is 0 Å². The van der Waals surface area contributed by atoms with E-state index in [9.17, 15) is 4.79 Å². The number of urea groups is 1. The van der Waals surface area contributed by atoms with Gasteiger partial charge in [-0.25, -0.2) is 4.79 Å². The van der Waals surface area contributed by atoms with Crippen LogP contribution in [0.2, 0.25) is 0 Å². The summed E-state index contributed by atoms with van der Waals surface area (Å²) < 4.78 is 5.71. The lowest BCUT2D eigenvalue weighted by atomic mass is 10.2. The molecule has 21 heavy (non-hydrogen) atoms. The molecule has 2 rings (SSSR count). The van der Waals surface area contributed by atoms with Crippen LogP contribution in [-0.4, -0.2) is 46.7 Å². The van der Waals surface area contributed by atoms with E-state index in [1.165, 1.54) is 0 Å². The van der Waals surface area contributed by atoms with Crippen LogP contribution in [0.1, 0.15) is 37.3 Å². The molecule has 2 heterocycles. The van der Waals surface area contributed by atoms with Crippen molar-refractivity contribution < 1.29 is 14.3 Å². The fourth-order valence-electron chi connectivity index (χ4n) is 2.48. The second-order valence-electron chi connectivity index (χ2n) is 5.45. The Balaban J connectivity index is 1.99. The zero-order valence-corrected chi connectivity index (χ0v) is 13.5. The molecule has 1 aromatic heterocycles. The van der Waals surface area contributed by atoms with Gasteiger partial charge in [-0.3, -0.25) is 0 Å². The number of carbonyl (C=O) groups is 1. The normalized spacial score (nSPS) is 20.3. The van der Waals surface area contributed by atoms with Crippen molar-refractivity contribution in [1.29, 1.82) is 0 Å². The van der Waals surface area contributed by atoms with Gasteiger partial charge in [0.25, 0.3) is 0 Å². The Morgan fingerprint density at radius 1 is 1.62 bits per heavy atom. The first kappa shape index (κ1) is 16.2. The van der Waals surface area contributed by atoms with Crippen molar-refractivity contribution >= 4 is 17.8 Å². The number of aliphatic hydroxyl groups excluding tert-OH is 1. The molecule has 2 N–H and O–H groups in total. The molecular weight excluding hydrogens is 288 g/mol. The maximum Gasteiger partial charge on any atom is 0.318 e. The highest BCUT2D eigenvalue weighted by Crippen LogP contribution is 2.30. The third kappa shape index (κ3) is 4.41. The average Bonchev–Trinajstić information content (AvgIpc) is 2.91. The van der Waals surface area contributed by atoms with E-state index in [1.54, 1.807) is 0 Å². The second kappa shape index (κ2) is 7.75. The van der Waals surface area contributed by atoms with Crippen LogP contribution < -0.4 is 5.32 Å². The minimum atomic E-state index is -0.0419. The number of hydrogen-bond acceptors (Lipinski definition) is 4. The number of aryl methyl sites for hydroxylation is 1. The second-order valence-corrected chi connectivity index (χ2v) is 6.60. The average molecular weight is 312 g/mol. The summed E-state index contributed by atoms with van der Waals surface area (Å²) in [5.74, 6) is 3.55. The fraction of sp³-hybridized carbons (Fsp3) is 0.667. The van der Waals surface area contributed by atoms with E-state index in [2.05, 4.69) is 5.32 Å². The van der Waals surface area contributed by atoms with E-state index in [1.807, 2.05) is 42.6 Å². The highest BCUT2D eigenvalue weighted by molar-refractivity contribution is 7.99. The van der Waals surface area contributed by atoms with Gasteiger partial charge in [-0.1, -0.05) is 0 Å². The lowest BCUT2D eigenvalue weighted by Gasteiger charge is -2.35. The van der Waals surface area contributed by atoms with E-state index in [-0.39, 0.29) is 24.7 Å². The van der Waals surface area contributed by atoms with Gasteiger partial charge < -0.3 is 19.7 Å². The minimum absolute atomic E-state index is 0.00231. The highest BCUT2D eigenvalue weighted by Gasteiger charge is 2.30. The highest BCUT2D eigenvalue weighted by atomic mass is 32.2. The van der Waals surface area contributed by atoms with Crippen molar-refractivity contribution in [3.8, 4) is 0 Å². The Bertz CT molecular complexity index is 464. The quantitative estimate of drug-likeness (QED) is 0.877. The first-order chi connectivity index (χ1) is 10.1. The summed E-state index contributed by atoms with van der Waals surface area (Å²) in [4.78, 5) is 14.3. The molecule has 2 atom stereocenters. The monoisotopic (exact) mass is 312 g/mol. The molecule has 0 spiro atoms. The van der Waals surface area contributed by atoms with Crippen molar-refractivity contribution in [3.05, 3.63) is 23.7 Å². The Labute approximate surface area is 130 Å². The molecule has 2 amide bonds. The van der Waals surface area contributed by atoms with Gasteiger partial charge in [0.15, 0.2) is 0 Å². The van der Waals surface area contributed by atoms with Gasteiger partial charge in [-0.05, 0) is 38.8 Å². The Hall–Kier alpha value is -1.14. The molecular formula is C15H24N2O3S. The van der Waals surface area contributed by atoms with Gasteiger partial charge in [0.2, 0.25) is 0 Å². The van der Waals surface area contributed by atoms with Gasteiger partial charge in [0.05, 0.1) is 0 Å². The Morgan fingerprint density at radius 2 is 2.43 bits per heavy atom. The maximum atomic E-state index is 12.5. The van der Waals surface area contributed by atoms with Gasteiger partial charge in [-0.2, -0.15) is 11.8 Å². The fourth-order valence-corrected chi connectivity index (χ4v) is 3.54. The van der Waals surface area contributed by atoms with Crippen LogP contribution in [-0.2, 0) is 0 Å². The molecule has 1 aliphatic rings. The number of nitrogens with one attached hydrogen (secondary N) is 1. The van der Waals surface area contributed by atoms with E-state index < -0.39 is 0 Å². The van der Waals surface area contributed by atoms with Crippen LogP contribution in [0.25, 0.3) is 0 Å². The lowest BCUT2D eigenvalue weighted by Crippen LogP contribution is -2.48. The van der Waals surface area contributed by atoms with Crippen molar-refractivity contribution in [2.45, 2.75) is 38.8 Å². The van der Waals surface area contributed by atoms with Crippen molar-refractivity contribution in [3.63, 3.8) is 0 Å². The number of rotatable bonds is 5. The third-order valence-corrected chi connectivity index (χ3v) is 4.67. The summed E-state index contributed by atoms with van der Waals surface area (Å²) in [6, 6.07) is 3.93. The number of amides is 2. The first-order valence-electron chi connectivity index (χ1n) is 7.44. The number of thioether (sulfide) groups is 1. The van der Waals surface area contributed by atoms with E-state index in [0.717, 1.165) is 36.0 Å². The molecule has 1 aliphatic heterocycles. The predicted octanol–water partition coefficient (Wildman–Crippen LogP) is 2.55. The summed E-state index contributed by atoms with van der Waals surface area (Å²) in [7, 11) is 0. The van der Waals surface area contributed by atoms with Crippen LogP contribution in [0.4, 0.5) is 4.79 Å². The van der Waals surface area contributed by atoms with Crippen LogP contribution in [0.5, 0.6) is 0 Å². The van der Waals surface area contributed by atoms with Crippen LogP contribution >= 0.6 is 11.8 Å². The summed E-state index contributed by atoms with van der Waals surface area (Å²) in [5.41, 5.74) is 0.